The Kier molecular flexibility index (Phi) is 4.54. The monoisotopic (exact) mass is 358 g/mol. The van der Waals surface area contributed by atoms with Crippen molar-refractivity contribution < 1.29 is 0 Å². The van der Waals surface area contributed by atoms with Gasteiger partial charge in [-0.15, -0.1) is 11.3 Å². The van der Waals surface area contributed by atoms with Crippen molar-refractivity contribution in [1.29, 1.82) is 0 Å². The molecular weight excluding hydrogens is 340 g/mol. The van der Waals surface area contributed by atoms with Crippen LogP contribution in [0.15, 0.2) is 36.4 Å². The van der Waals surface area contributed by atoms with E-state index in [1.165, 1.54) is 24.1 Å². The van der Waals surface area contributed by atoms with Gasteiger partial charge in [0, 0.05) is 23.4 Å². The fraction of sp³-hybridized carbons (Fsp3) is 0.333. The first-order chi connectivity index (χ1) is 11.8. The maximum atomic E-state index is 6.02. The molecule has 24 heavy (non-hydrogen) atoms. The van der Waals surface area contributed by atoms with Gasteiger partial charge in [0.15, 0.2) is 0 Å². The maximum Gasteiger partial charge on any atom is 0.227 e. The van der Waals surface area contributed by atoms with Crippen molar-refractivity contribution in [3.05, 3.63) is 45.6 Å². The number of thiophene rings is 1. The summed E-state index contributed by atoms with van der Waals surface area (Å²) in [7, 11) is 0. The molecule has 124 valence electrons. The van der Waals surface area contributed by atoms with Crippen molar-refractivity contribution >= 4 is 45.6 Å². The molecule has 3 aromatic rings. The second kappa shape index (κ2) is 6.95. The largest absolute Gasteiger partial charge is 0.364 e. The molecule has 0 atom stereocenters. The van der Waals surface area contributed by atoms with Crippen LogP contribution in [0.5, 0.6) is 0 Å². The Labute approximate surface area is 150 Å². The summed E-state index contributed by atoms with van der Waals surface area (Å²) in [5.74, 6) is 1.73. The summed E-state index contributed by atoms with van der Waals surface area (Å²) in [6.07, 6.45) is 3.73. The molecule has 0 aliphatic carbocycles. The number of fused-ring (bicyclic) bond motifs is 1. The van der Waals surface area contributed by atoms with Crippen molar-refractivity contribution in [1.82, 2.24) is 9.97 Å². The SMILES string of the molecule is Clc1ccc(CNc2nc(N3CCCCC3)nc3ccccc23)s1. The molecule has 0 spiro atoms. The van der Waals surface area contributed by atoms with Crippen LogP contribution >= 0.6 is 22.9 Å². The number of halogens is 1. The molecule has 4 rings (SSSR count). The van der Waals surface area contributed by atoms with Gasteiger partial charge in [-0.3, -0.25) is 0 Å². The number of aromatic nitrogens is 2. The number of piperidine rings is 1. The van der Waals surface area contributed by atoms with Gasteiger partial charge in [0.25, 0.3) is 0 Å². The first-order valence-electron chi connectivity index (χ1n) is 8.29. The molecule has 2 aromatic heterocycles. The molecule has 1 aliphatic heterocycles. The molecular formula is C18H19ClN4S. The summed E-state index contributed by atoms with van der Waals surface area (Å²) in [5.41, 5.74) is 0.986. The van der Waals surface area contributed by atoms with Crippen molar-refractivity contribution in [2.45, 2.75) is 25.8 Å². The summed E-state index contributed by atoms with van der Waals surface area (Å²) in [6.45, 7) is 2.80. The van der Waals surface area contributed by atoms with Crippen molar-refractivity contribution in [3.8, 4) is 0 Å². The van der Waals surface area contributed by atoms with Crippen LogP contribution in [0.4, 0.5) is 11.8 Å². The van der Waals surface area contributed by atoms with Gasteiger partial charge in [-0.25, -0.2) is 4.98 Å². The zero-order chi connectivity index (χ0) is 16.4. The molecule has 6 heteroatoms. The predicted octanol–water partition coefficient (Wildman–Crippen LogP) is 4.95. The molecule has 3 heterocycles. The standard InChI is InChI=1S/C18H19ClN4S/c19-16-9-8-13(24-16)12-20-17-14-6-2-3-7-15(14)21-18(22-17)23-10-4-1-5-11-23/h2-3,6-9H,1,4-5,10-12H2,(H,20,21,22). The number of rotatable bonds is 4. The lowest BCUT2D eigenvalue weighted by molar-refractivity contribution is 0.569. The fourth-order valence-electron chi connectivity index (χ4n) is 3.05. The van der Waals surface area contributed by atoms with Gasteiger partial charge in [-0.1, -0.05) is 23.7 Å². The highest BCUT2D eigenvalue weighted by Crippen LogP contribution is 2.27. The molecule has 4 nitrogen and oxygen atoms in total. The van der Waals surface area contributed by atoms with Crippen LogP contribution in [0.1, 0.15) is 24.1 Å². The quantitative estimate of drug-likeness (QED) is 0.716. The molecule has 0 unspecified atom stereocenters. The van der Waals surface area contributed by atoms with Crippen LogP contribution in [0.3, 0.4) is 0 Å². The predicted molar refractivity (Wildman–Crippen MR) is 102 cm³/mol. The normalized spacial score (nSPS) is 15.0. The summed E-state index contributed by atoms with van der Waals surface area (Å²) in [5, 5.41) is 4.53. The van der Waals surface area contributed by atoms with E-state index < -0.39 is 0 Å². The van der Waals surface area contributed by atoms with E-state index in [0.717, 1.165) is 46.6 Å². The van der Waals surface area contributed by atoms with Crippen LogP contribution in [-0.4, -0.2) is 23.1 Å². The Morgan fingerprint density at radius 1 is 1.04 bits per heavy atom. The Morgan fingerprint density at radius 3 is 2.67 bits per heavy atom. The van der Waals surface area contributed by atoms with Crippen molar-refractivity contribution in [2.75, 3.05) is 23.3 Å². The third kappa shape index (κ3) is 3.32. The Bertz CT molecular complexity index is 842. The van der Waals surface area contributed by atoms with Crippen molar-refractivity contribution in [3.63, 3.8) is 0 Å². The lowest BCUT2D eigenvalue weighted by atomic mass is 10.1. The van der Waals surface area contributed by atoms with Crippen LogP contribution < -0.4 is 10.2 Å². The van der Waals surface area contributed by atoms with Gasteiger partial charge in [0.2, 0.25) is 5.95 Å². The van der Waals surface area contributed by atoms with E-state index in [9.17, 15) is 0 Å². The van der Waals surface area contributed by atoms with E-state index in [0.29, 0.717) is 0 Å². The third-order valence-corrected chi connectivity index (χ3v) is 5.52. The lowest BCUT2D eigenvalue weighted by Crippen LogP contribution is -2.31. The second-order valence-electron chi connectivity index (χ2n) is 6.00. The van der Waals surface area contributed by atoms with Crippen LogP contribution in [0.2, 0.25) is 4.34 Å². The number of benzene rings is 1. The highest BCUT2D eigenvalue weighted by atomic mass is 35.5. The minimum absolute atomic E-state index is 0.720. The van der Waals surface area contributed by atoms with Gasteiger partial charge < -0.3 is 10.2 Å². The maximum absolute atomic E-state index is 6.02. The topological polar surface area (TPSA) is 41.1 Å². The number of anilines is 2. The number of hydrogen-bond acceptors (Lipinski definition) is 5. The average Bonchev–Trinajstić information content (AvgIpc) is 3.05. The number of para-hydroxylation sites is 1. The first kappa shape index (κ1) is 15.7. The number of nitrogens with one attached hydrogen (secondary N) is 1. The van der Waals surface area contributed by atoms with Crippen LogP contribution in [0.25, 0.3) is 10.9 Å². The summed E-state index contributed by atoms with van der Waals surface area (Å²) < 4.78 is 0.813. The molecule has 0 amide bonds. The Balaban J connectivity index is 1.66. The van der Waals surface area contributed by atoms with Gasteiger partial charge >= 0.3 is 0 Å². The lowest BCUT2D eigenvalue weighted by Gasteiger charge is -2.27. The zero-order valence-corrected chi connectivity index (χ0v) is 14.9. The Morgan fingerprint density at radius 2 is 1.88 bits per heavy atom. The fourth-order valence-corrected chi connectivity index (χ4v) is 4.08. The van der Waals surface area contributed by atoms with Gasteiger partial charge in [0.1, 0.15) is 5.82 Å². The molecule has 1 fully saturated rings. The van der Waals surface area contributed by atoms with E-state index in [1.54, 1.807) is 11.3 Å². The van der Waals surface area contributed by atoms with Crippen molar-refractivity contribution in [2.24, 2.45) is 0 Å². The second-order valence-corrected chi connectivity index (χ2v) is 7.80. The van der Waals surface area contributed by atoms with E-state index >= 15 is 0 Å². The summed E-state index contributed by atoms with van der Waals surface area (Å²) >= 11 is 7.62. The van der Waals surface area contributed by atoms with Crippen LogP contribution in [0, 0.1) is 0 Å². The summed E-state index contributed by atoms with van der Waals surface area (Å²) in [4.78, 5) is 13.1. The number of hydrogen-bond donors (Lipinski definition) is 1. The van der Waals surface area contributed by atoms with E-state index in [-0.39, 0.29) is 0 Å². The summed E-state index contributed by atoms with van der Waals surface area (Å²) in [6, 6.07) is 12.2. The van der Waals surface area contributed by atoms with Gasteiger partial charge in [0.05, 0.1) is 16.4 Å². The van der Waals surface area contributed by atoms with Gasteiger partial charge in [-0.05, 0) is 43.5 Å². The molecule has 0 radical (unpaired) electrons. The molecule has 0 bridgehead atoms. The zero-order valence-electron chi connectivity index (χ0n) is 13.3. The minimum atomic E-state index is 0.720. The number of nitrogens with zero attached hydrogens (tertiary/aromatic N) is 3. The highest BCUT2D eigenvalue weighted by molar-refractivity contribution is 7.16. The molecule has 1 N–H and O–H groups in total. The highest BCUT2D eigenvalue weighted by Gasteiger charge is 2.16. The first-order valence-corrected chi connectivity index (χ1v) is 9.49. The van der Waals surface area contributed by atoms with E-state index in [1.807, 2.05) is 18.2 Å². The molecule has 1 aromatic carbocycles. The average molecular weight is 359 g/mol. The van der Waals surface area contributed by atoms with E-state index in [4.69, 9.17) is 21.6 Å². The molecule has 0 saturated carbocycles. The third-order valence-electron chi connectivity index (χ3n) is 4.29. The van der Waals surface area contributed by atoms with Crippen LogP contribution in [-0.2, 0) is 6.54 Å². The smallest absolute Gasteiger partial charge is 0.227 e. The molecule has 1 aliphatic rings. The molecule has 1 saturated heterocycles. The van der Waals surface area contributed by atoms with Gasteiger partial charge in [-0.2, -0.15) is 4.98 Å². The Hall–Kier alpha value is -1.85. The minimum Gasteiger partial charge on any atom is -0.364 e. The van der Waals surface area contributed by atoms with E-state index in [2.05, 4.69) is 28.4 Å².